The van der Waals surface area contributed by atoms with Crippen LogP contribution in [0.2, 0.25) is 0 Å². The molecule has 0 N–H and O–H groups in total. The van der Waals surface area contributed by atoms with Crippen LogP contribution < -0.4 is 9.80 Å². The molecule has 10 heteroatoms. The number of nitro benzene ring substituents is 1. The monoisotopic (exact) mass is 461 g/mol. The van der Waals surface area contributed by atoms with Crippen LogP contribution in [0.4, 0.5) is 21.5 Å². The molecule has 1 aromatic carbocycles. The van der Waals surface area contributed by atoms with Gasteiger partial charge < -0.3 is 19.6 Å². The molecule has 0 radical (unpaired) electrons. The van der Waals surface area contributed by atoms with Gasteiger partial charge in [0.1, 0.15) is 5.69 Å². The standard InChI is InChI=1S/C22H28FN5O3S/c1-3-24-6-8-25(9-7-24)18-14-19(20(28(30)31)13-17(18)23)26-10-11-27(16(2)15-26)22(29)21-5-4-12-32-21/h4-5,12-14,16H,3,6-11,15H2,1-2H3/t16-/m1/s1. The lowest BCUT2D eigenvalue weighted by atomic mass is 10.1. The van der Waals surface area contributed by atoms with Gasteiger partial charge in [-0.25, -0.2) is 4.39 Å². The SMILES string of the molecule is CCN1CCN(c2cc(N3CCN(C(=O)c4cccs4)[C@H](C)C3)c([N+](=O)[O-])cc2F)CC1. The molecule has 3 heterocycles. The first-order chi connectivity index (χ1) is 15.4. The van der Waals surface area contributed by atoms with E-state index in [1.54, 1.807) is 6.07 Å². The molecule has 2 aliphatic rings. The van der Waals surface area contributed by atoms with Gasteiger partial charge in [0.2, 0.25) is 0 Å². The number of rotatable bonds is 5. The second-order valence-corrected chi connectivity index (χ2v) is 9.19. The van der Waals surface area contributed by atoms with E-state index >= 15 is 0 Å². The molecule has 172 valence electrons. The summed E-state index contributed by atoms with van der Waals surface area (Å²) in [5.41, 5.74) is 0.592. The topological polar surface area (TPSA) is 73.2 Å². The van der Waals surface area contributed by atoms with E-state index in [2.05, 4.69) is 11.8 Å². The zero-order valence-corrected chi connectivity index (χ0v) is 19.2. The molecule has 1 atom stereocenters. The molecule has 0 unspecified atom stereocenters. The lowest BCUT2D eigenvalue weighted by Crippen LogP contribution is -2.54. The van der Waals surface area contributed by atoms with Crippen LogP contribution >= 0.6 is 11.3 Å². The molecule has 0 bridgehead atoms. The Hall–Kier alpha value is -2.72. The minimum Gasteiger partial charge on any atom is -0.367 e. The molecule has 2 aliphatic heterocycles. The average Bonchev–Trinajstić information content (AvgIpc) is 3.33. The third-order valence-electron chi connectivity index (χ3n) is 6.36. The quantitative estimate of drug-likeness (QED) is 0.503. The number of nitrogens with zero attached hydrogens (tertiary/aromatic N) is 5. The van der Waals surface area contributed by atoms with Crippen LogP contribution in [0.1, 0.15) is 23.5 Å². The van der Waals surface area contributed by atoms with Gasteiger partial charge in [0.25, 0.3) is 11.6 Å². The molecular weight excluding hydrogens is 433 g/mol. The third-order valence-corrected chi connectivity index (χ3v) is 7.22. The normalized spacial score (nSPS) is 20.0. The van der Waals surface area contributed by atoms with Gasteiger partial charge in [0.15, 0.2) is 5.82 Å². The number of carbonyl (C=O) groups excluding carboxylic acids is 1. The van der Waals surface area contributed by atoms with Crippen molar-refractivity contribution in [2.24, 2.45) is 0 Å². The predicted molar refractivity (Wildman–Crippen MR) is 124 cm³/mol. The van der Waals surface area contributed by atoms with E-state index in [4.69, 9.17) is 0 Å². The van der Waals surface area contributed by atoms with Gasteiger partial charge in [-0.3, -0.25) is 14.9 Å². The molecule has 2 saturated heterocycles. The number of carbonyl (C=O) groups is 1. The van der Waals surface area contributed by atoms with Crippen LogP contribution in [0.5, 0.6) is 0 Å². The minimum absolute atomic E-state index is 0.0183. The Kier molecular flexibility index (Phi) is 6.61. The highest BCUT2D eigenvalue weighted by Crippen LogP contribution is 2.36. The van der Waals surface area contributed by atoms with E-state index in [-0.39, 0.29) is 17.6 Å². The molecular formula is C22H28FN5O3S. The molecule has 1 amide bonds. The highest BCUT2D eigenvalue weighted by molar-refractivity contribution is 7.12. The van der Waals surface area contributed by atoms with Crippen LogP contribution in [-0.2, 0) is 0 Å². The van der Waals surface area contributed by atoms with Gasteiger partial charge in [-0.1, -0.05) is 13.0 Å². The van der Waals surface area contributed by atoms with Crippen LogP contribution in [0, 0.1) is 15.9 Å². The first kappa shape index (κ1) is 22.5. The van der Waals surface area contributed by atoms with Crippen molar-refractivity contribution >= 4 is 34.3 Å². The Labute approximate surface area is 191 Å². The van der Waals surface area contributed by atoms with Crippen molar-refractivity contribution in [3.05, 3.63) is 50.5 Å². The van der Waals surface area contributed by atoms with Crippen molar-refractivity contribution in [2.45, 2.75) is 19.9 Å². The Morgan fingerprint density at radius 1 is 1.16 bits per heavy atom. The number of amides is 1. The van der Waals surface area contributed by atoms with Crippen LogP contribution in [0.15, 0.2) is 29.6 Å². The number of piperazine rings is 2. The van der Waals surface area contributed by atoms with E-state index in [9.17, 15) is 19.3 Å². The maximum atomic E-state index is 14.9. The Bertz CT molecular complexity index is 978. The van der Waals surface area contributed by atoms with Gasteiger partial charge in [-0.2, -0.15) is 0 Å². The van der Waals surface area contributed by atoms with Crippen LogP contribution in [0.25, 0.3) is 0 Å². The summed E-state index contributed by atoms with van der Waals surface area (Å²) in [6.45, 7) is 9.39. The fourth-order valence-electron chi connectivity index (χ4n) is 4.51. The Morgan fingerprint density at radius 3 is 2.47 bits per heavy atom. The maximum Gasteiger partial charge on any atom is 0.295 e. The lowest BCUT2D eigenvalue weighted by Gasteiger charge is -2.41. The molecule has 8 nitrogen and oxygen atoms in total. The summed E-state index contributed by atoms with van der Waals surface area (Å²) in [7, 11) is 0. The van der Waals surface area contributed by atoms with Gasteiger partial charge in [0.05, 0.1) is 21.6 Å². The highest BCUT2D eigenvalue weighted by Gasteiger charge is 2.33. The molecule has 32 heavy (non-hydrogen) atoms. The molecule has 0 saturated carbocycles. The second kappa shape index (κ2) is 9.41. The summed E-state index contributed by atoms with van der Waals surface area (Å²) in [5.74, 6) is -0.583. The summed E-state index contributed by atoms with van der Waals surface area (Å²) in [6.07, 6.45) is 0. The number of halogens is 1. The van der Waals surface area contributed by atoms with E-state index in [0.717, 1.165) is 25.7 Å². The number of thiophene rings is 1. The summed E-state index contributed by atoms with van der Waals surface area (Å²) in [6, 6.07) is 6.20. The number of benzene rings is 1. The number of likely N-dealkylation sites (N-methyl/N-ethyl adjacent to an activating group) is 1. The largest absolute Gasteiger partial charge is 0.367 e. The third kappa shape index (κ3) is 4.42. The zero-order chi connectivity index (χ0) is 22.8. The van der Waals surface area contributed by atoms with Crippen LogP contribution in [-0.4, -0.2) is 79.0 Å². The molecule has 1 aromatic heterocycles. The van der Waals surface area contributed by atoms with Crippen LogP contribution in [0.3, 0.4) is 0 Å². The number of hydrogen-bond acceptors (Lipinski definition) is 7. The van der Waals surface area contributed by atoms with Gasteiger partial charge in [-0.05, 0) is 31.0 Å². The van der Waals surface area contributed by atoms with Gasteiger partial charge >= 0.3 is 0 Å². The van der Waals surface area contributed by atoms with Gasteiger partial charge in [0, 0.05) is 51.9 Å². The van der Waals surface area contributed by atoms with Crippen molar-refractivity contribution in [1.82, 2.24) is 9.80 Å². The first-order valence-corrected chi connectivity index (χ1v) is 11.8. The van der Waals surface area contributed by atoms with Crippen molar-refractivity contribution in [2.75, 3.05) is 62.2 Å². The van der Waals surface area contributed by atoms with Crippen molar-refractivity contribution in [1.29, 1.82) is 0 Å². The fraction of sp³-hybridized carbons (Fsp3) is 0.500. The average molecular weight is 462 g/mol. The number of anilines is 2. The zero-order valence-electron chi connectivity index (χ0n) is 18.4. The highest BCUT2D eigenvalue weighted by atomic mass is 32.1. The summed E-state index contributed by atoms with van der Waals surface area (Å²) in [5, 5.41) is 13.6. The minimum atomic E-state index is -0.565. The fourth-order valence-corrected chi connectivity index (χ4v) is 5.19. The molecule has 0 spiro atoms. The molecule has 0 aliphatic carbocycles. The second-order valence-electron chi connectivity index (χ2n) is 8.24. The van der Waals surface area contributed by atoms with E-state index in [0.29, 0.717) is 49.0 Å². The van der Waals surface area contributed by atoms with E-state index < -0.39 is 10.7 Å². The number of nitro groups is 1. The molecule has 4 rings (SSSR count). The summed E-state index contributed by atoms with van der Waals surface area (Å²) in [4.78, 5) is 32.7. The van der Waals surface area contributed by atoms with Crippen molar-refractivity contribution in [3.8, 4) is 0 Å². The molecule has 2 aromatic rings. The van der Waals surface area contributed by atoms with Gasteiger partial charge in [-0.15, -0.1) is 11.3 Å². The van der Waals surface area contributed by atoms with Crippen molar-refractivity contribution in [3.63, 3.8) is 0 Å². The summed E-state index contributed by atoms with van der Waals surface area (Å²) >= 11 is 1.41. The Balaban J connectivity index is 1.57. The molecule has 2 fully saturated rings. The predicted octanol–water partition coefficient (Wildman–Crippen LogP) is 3.29. The number of hydrogen-bond donors (Lipinski definition) is 0. The summed E-state index contributed by atoms with van der Waals surface area (Å²) < 4.78 is 14.9. The van der Waals surface area contributed by atoms with Crippen molar-refractivity contribution < 1.29 is 14.1 Å². The smallest absolute Gasteiger partial charge is 0.295 e. The van der Waals surface area contributed by atoms with E-state index in [1.807, 2.05) is 39.1 Å². The van der Waals surface area contributed by atoms with E-state index in [1.165, 1.54) is 11.3 Å². The first-order valence-electron chi connectivity index (χ1n) is 10.9. The maximum absolute atomic E-state index is 14.9. The lowest BCUT2D eigenvalue weighted by molar-refractivity contribution is -0.384. The Morgan fingerprint density at radius 2 is 1.88 bits per heavy atom.